The largest absolute Gasteiger partial charge is 0.504 e. The highest BCUT2D eigenvalue weighted by Gasteiger charge is 2.52. The van der Waals surface area contributed by atoms with E-state index in [1.165, 1.54) is 25.1 Å². The highest BCUT2D eigenvalue weighted by molar-refractivity contribution is 5.68. The third kappa shape index (κ3) is 8.57. The van der Waals surface area contributed by atoms with Gasteiger partial charge in [-0.3, -0.25) is 19.2 Å². The molecule has 200 valence electrons. The Hall–Kier alpha value is -3.58. The predicted octanol–water partition coefficient (Wildman–Crippen LogP) is 0.966. The van der Waals surface area contributed by atoms with E-state index in [1.807, 2.05) is 0 Å². The van der Waals surface area contributed by atoms with E-state index < -0.39 is 60.3 Å². The summed E-state index contributed by atoms with van der Waals surface area (Å²) in [5.41, 5.74) is 0. The van der Waals surface area contributed by atoms with E-state index in [1.54, 1.807) is 0 Å². The second-order valence-electron chi connectivity index (χ2n) is 7.76. The van der Waals surface area contributed by atoms with Gasteiger partial charge in [-0.05, 0) is 12.1 Å². The molecular formula is C23H30O13. The third-order valence-electron chi connectivity index (χ3n) is 4.75. The first-order valence-electron chi connectivity index (χ1n) is 11.1. The molecule has 0 aromatic heterocycles. The number of hydrogen-bond acceptors (Lipinski definition) is 13. The van der Waals surface area contributed by atoms with Crippen LogP contribution in [0.3, 0.4) is 0 Å². The van der Waals surface area contributed by atoms with Crippen molar-refractivity contribution in [1.82, 2.24) is 0 Å². The van der Waals surface area contributed by atoms with Crippen molar-refractivity contribution in [3.63, 3.8) is 0 Å². The summed E-state index contributed by atoms with van der Waals surface area (Å²) >= 11 is 0. The monoisotopic (exact) mass is 514 g/mol. The fraction of sp³-hybridized carbons (Fsp3) is 0.565. The molecule has 1 heterocycles. The molecule has 1 aliphatic rings. The summed E-state index contributed by atoms with van der Waals surface area (Å²) < 4.78 is 37.9. The van der Waals surface area contributed by atoms with Crippen molar-refractivity contribution in [3.8, 4) is 17.2 Å². The molecule has 13 nitrogen and oxygen atoms in total. The predicted molar refractivity (Wildman–Crippen MR) is 118 cm³/mol. The summed E-state index contributed by atoms with van der Waals surface area (Å²) in [5.74, 6) is -3.52. The number of carbonyl (C=O) groups excluding carboxylic acids is 4. The Bertz CT molecular complexity index is 931. The summed E-state index contributed by atoms with van der Waals surface area (Å²) in [6.45, 7) is 4.25. The van der Waals surface area contributed by atoms with Crippen LogP contribution in [0.2, 0.25) is 0 Å². The number of hydrogen-bond donors (Lipinski definition) is 2. The molecule has 1 unspecified atom stereocenters. The molecular weight excluding hydrogens is 484 g/mol. The molecule has 1 fully saturated rings. The molecule has 0 radical (unpaired) electrons. The Labute approximate surface area is 207 Å². The minimum Gasteiger partial charge on any atom is -0.504 e. The summed E-state index contributed by atoms with van der Waals surface area (Å²) in [6.07, 6.45) is -6.05. The molecule has 0 bridgehead atoms. The van der Waals surface area contributed by atoms with Gasteiger partial charge in [-0.2, -0.15) is 0 Å². The maximum absolute atomic E-state index is 11.8. The zero-order valence-corrected chi connectivity index (χ0v) is 20.3. The third-order valence-corrected chi connectivity index (χ3v) is 4.75. The molecule has 5 atom stereocenters. The number of aromatic hydroxyl groups is 2. The molecule has 1 aliphatic heterocycles. The number of benzene rings is 1. The van der Waals surface area contributed by atoms with Gasteiger partial charge in [0.1, 0.15) is 12.7 Å². The van der Waals surface area contributed by atoms with Gasteiger partial charge in [0.05, 0.1) is 13.2 Å². The minimum absolute atomic E-state index is 0.00663. The molecule has 1 aromatic carbocycles. The van der Waals surface area contributed by atoms with E-state index >= 15 is 0 Å². The maximum atomic E-state index is 11.8. The first-order valence-corrected chi connectivity index (χ1v) is 11.1. The smallest absolute Gasteiger partial charge is 0.303 e. The lowest BCUT2D eigenvalue weighted by atomic mass is 9.98. The second kappa shape index (κ2) is 13.5. The van der Waals surface area contributed by atoms with Crippen LogP contribution in [-0.2, 0) is 47.6 Å². The highest BCUT2D eigenvalue weighted by atomic mass is 16.7. The number of rotatable bonds is 11. The number of phenols is 2. The van der Waals surface area contributed by atoms with Crippen LogP contribution < -0.4 is 4.74 Å². The maximum Gasteiger partial charge on any atom is 0.303 e. The van der Waals surface area contributed by atoms with Gasteiger partial charge >= 0.3 is 23.9 Å². The standard InChI is InChI=1S/C23H30O13/c1-12(24)32-11-18-20(33-13(2)25)21(34-14(3)26)22(35-15(4)27)23(36-18)31-10-6-9-30-17-8-5-7-16(28)19(17)29/h5,7-8,18,20-23,28-29H,6,9-11H2,1-4H3/t18-,20-,21?,22-,23-/m1/s1. The average molecular weight is 514 g/mol. The van der Waals surface area contributed by atoms with Crippen molar-refractivity contribution in [2.45, 2.75) is 64.8 Å². The normalized spacial score (nSPS) is 23.3. The molecule has 1 saturated heterocycles. The number of esters is 4. The van der Waals surface area contributed by atoms with Crippen LogP contribution in [0.4, 0.5) is 0 Å². The molecule has 0 amide bonds. The van der Waals surface area contributed by atoms with Gasteiger partial charge in [0.2, 0.25) is 5.75 Å². The zero-order valence-electron chi connectivity index (χ0n) is 20.3. The van der Waals surface area contributed by atoms with Crippen LogP contribution in [0.15, 0.2) is 18.2 Å². The Morgan fingerprint density at radius 2 is 1.44 bits per heavy atom. The van der Waals surface area contributed by atoms with Gasteiger partial charge in [0.15, 0.2) is 36.1 Å². The molecule has 0 spiro atoms. The number of ether oxygens (including phenoxy) is 7. The summed E-state index contributed by atoms with van der Waals surface area (Å²) in [5, 5.41) is 19.3. The molecule has 2 rings (SSSR count). The van der Waals surface area contributed by atoms with Crippen molar-refractivity contribution in [2.24, 2.45) is 0 Å². The number of carbonyl (C=O) groups is 4. The van der Waals surface area contributed by atoms with E-state index in [-0.39, 0.29) is 37.7 Å². The van der Waals surface area contributed by atoms with Crippen molar-refractivity contribution in [3.05, 3.63) is 18.2 Å². The molecule has 36 heavy (non-hydrogen) atoms. The quantitative estimate of drug-likeness (QED) is 0.185. The lowest BCUT2D eigenvalue weighted by molar-refractivity contribution is -0.308. The van der Waals surface area contributed by atoms with Gasteiger partial charge in [-0.15, -0.1) is 0 Å². The van der Waals surface area contributed by atoms with E-state index in [2.05, 4.69) is 0 Å². The van der Waals surface area contributed by atoms with Crippen LogP contribution in [-0.4, -0.2) is 84.6 Å². The van der Waals surface area contributed by atoms with Crippen LogP contribution in [0, 0.1) is 0 Å². The molecule has 13 heteroatoms. The first kappa shape index (κ1) is 28.7. The van der Waals surface area contributed by atoms with Gasteiger partial charge in [-0.1, -0.05) is 6.07 Å². The fourth-order valence-corrected chi connectivity index (χ4v) is 3.39. The Morgan fingerprint density at radius 3 is 2.06 bits per heavy atom. The van der Waals surface area contributed by atoms with Gasteiger partial charge < -0.3 is 43.4 Å². The summed E-state index contributed by atoms with van der Waals surface area (Å²) in [4.78, 5) is 46.7. The Kier molecular flexibility index (Phi) is 10.7. The zero-order chi connectivity index (χ0) is 26.8. The summed E-state index contributed by atoms with van der Waals surface area (Å²) in [6, 6.07) is 4.27. The van der Waals surface area contributed by atoms with Crippen molar-refractivity contribution in [1.29, 1.82) is 0 Å². The second-order valence-corrected chi connectivity index (χ2v) is 7.76. The van der Waals surface area contributed by atoms with Gasteiger partial charge in [0, 0.05) is 34.1 Å². The molecule has 0 aliphatic carbocycles. The lowest BCUT2D eigenvalue weighted by Gasteiger charge is -2.44. The number of phenolic OH excluding ortho intramolecular Hbond substituents is 2. The molecule has 2 N–H and O–H groups in total. The van der Waals surface area contributed by atoms with Crippen molar-refractivity contribution in [2.75, 3.05) is 19.8 Å². The van der Waals surface area contributed by atoms with E-state index in [4.69, 9.17) is 33.2 Å². The van der Waals surface area contributed by atoms with E-state index in [0.29, 0.717) is 0 Å². The van der Waals surface area contributed by atoms with Crippen molar-refractivity contribution >= 4 is 23.9 Å². The summed E-state index contributed by atoms with van der Waals surface area (Å²) in [7, 11) is 0. The first-order chi connectivity index (χ1) is 17.0. The van der Waals surface area contributed by atoms with E-state index in [0.717, 1.165) is 20.8 Å². The van der Waals surface area contributed by atoms with E-state index in [9.17, 15) is 29.4 Å². The van der Waals surface area contributed by atoms with Crippen LogP contribution >= 0.6 is 0 Å². The van der Waals surface area contributed by atoms with Crippen LogP contribution in [0.25, 0.3) is 0 Å². The number of para-hydroxylation sites is 1. The average Bonchev–Trinajstić information content (AvgIpc) is 2.77. The van der Waals surface area contributed by atoms with Gasteiger partial charge in [-0.25, -0.2) is 0 Å². The van der Waals surface area contributed by atoms with Crippen molar-refractivity contribution < 1.29 is 62.5 Å². The topological polar surface area (TPSA) is 173 Å². The SMILES string of the molecule is CC(=O)OC[C@H]1O[C@@H](OCCCOc2cccc(O)c2O)[C@H](OC(C)=O)C(OC(C)=O)[C@@H]1OC(C)=O. The Morgan fingerprint density at radius 1 is 0.833 bits per heavy atom. The fourth-order valence-electron chi connectivity index (χ4n) is 3.39. The van der Waals surface area contributed by atoms with Crippen LogP contribution in [0.1, 0.15) is 34.1 Å². The minimum atomic E-state index is -1.32. The molecule has 0 saturated carbocycles. The highest BCUT2D eigenvalue weighted by Crippen LogP contribution is 2.34. The Balaban J connectivity index is 2.15. The van der Waals surface area contributed by atoms with Gasteiger partial charge in [0.25, 0.3) is 0 Å². The van der Waals surface area contributed by atoms with Crippen LogP contribution in [0.5, 0.6) is 17.2 Å². The molecule has 1 aromatic rings. The lowest BCUT2D eigenvalue weighted by Crippen LogP contribution is -2.63.